The van der Waals surface area contributed by atoms with Crippen molar-refractivity contribution in [3.8, 4) is 0 Å². The van der Waals surface area contributed by atoms with Gasteiger partial charge >= 0.3 is 0 Å². The first kappa shape index (κ1) is 14.7. The Balaban J connectivity index is 0.00000144. The van der Waals surface area contributed by atoms with Crippen molar-refractivity contribution < 1.29 is 8.42 Å². The Morgan fingerprint density at radius 3 is 2.88 bits per heavy atom. The van der Waals surface area contributed by atoms with E-state index < -0.39 is 9.84 Å². The number of halogens is 2. The van der Waals surface area contributed by atoms with E-state index in [4.69, 9.17) is 11.6 Å². The van der Waals surface area contributed by atoms with Gasteiger partial charge in [-0.05, 0) is 12.5 Å². The molecular weight excluding hydrogens is 283 g/mol. The summed E-state index contributed by atoms with van der Waals surface area (Å²) < 4.78 is 22.5. The molecule has 0 spiro atoms. The predicted octanol–water partition coefficient (Wildman–Crippen LogP) is 1.43. The number of rotatable bonds is 3. The van der Waals surface area contributed by atoms with Crippen LogP contribution in [0.5, 0.6) is 0 Å². The SMILES string of the molecule is Cl.O=S1(=O)CCC(NCc2cccnc2Cl)C1. The Kier molecular flexibility index (Phi) is 5.19. The molecule has 1 N–H and O–H groups in total. The standard InChI is InChI=1S/C10H13ClN2O2S.ClH/c11-10-8(2-1-4-12-10)6-13-9-3-5-16(14,15)7-9;/h1-2,4,9,13H,3,5-7H2;1H. The van der Waals surface area contributed by atoms with Gasteiger partial charge in [-0.25, -0.2) is 13.4 Å². The Hall–Kier alpha value is -0.360. The molecule has 2 rings (SSSR count). The highest BCUT2D eigenvalue weighted by atomic mass is 35.5. The molecule has 0 aliphatic carbocycles. The summed E-state index contributed by atoms with van der Waals surface area (Å²) in [5.74, 6) is 0.510. The Labute approximate surface area is 112 Å². The molecule has 0 radical (unpaired) electrons. The van der Waals surface area contributed by atoms with Crippen molar-refractivity contribution >= 4 is 33.8 Å². The molecule has 1 unspecified atom stereocenters. The number of sulfone groups is 1. The average molecular weight is 297 g/mol. The highest BCUT2D eigenvalue weighted by molar-refractivity contribution is 7.91. The first-order valence-corrected chi connectivity index (χ1v) is 7.30. The van der Waals surface area contributed by atoms with E-state index in [0.717, 1.165) is 5.56 Å². The molecule has 0 saturated carbocycles. The summed E-state index contributed by atoms with van der Waals surface area (Å²) in [4.78, 5) is 3.96. The van der Waals surface area contributed by atoms with E-state index >= 15 is 0 Å². The fraction of sp³-hybridized carbons (Fsp3) is 0.500. The van der Waals surface area contributed by atoms with E-state index in [1.807, 2.05) is 12.1 Å². The summed E-state index contributed by atoms with van der Waals surface area (Å²) in [6, 6.07) is 3.74. The van der Waals surface area contributed by atoms with Crippen LogP contribution in [0.4, 0.5) is 0 Å². The van der Waals surface area contributed by atoms with Crippen LogP contribution in [0, 0.1) is 0 Å². The average Bonchev–Trinajstić information content (AvgIpc) is 2.57. The Morgan fingerprint density at radius 1 is 1.53 bits per heavy atom. The summed E-state index contributed by atoms with van der Waals surface area (Å²) in [6.45, 7) is 0.562. The van der Waals surface area contributed by atoms with Crippen LogP contribution in [0.2, 0.25) is 5.15 Å². The van der Waals surface area contributed by atoms with Crippen molar-refractivity contribution in [2.24, 2.45) is 0 Å². The van der Waals surface area contributed by atoms with Gasteiger partial charge in [0.05, 0.1) is 11.5 Å². The van der Waals surface area contributed by atoms with E-state index in [-0.39, 0.29) is 30.0 Å². The maximum absolute atomic E-state index is 11.2. The monoisotopic (exact) mass is 296 g/mol. The van der Waals surface area contributed by atoms with Gasteiger partial charge in [-0.2, -0.15) is 0 Å². The number of aromatic nitrogens is 1. The fourth-order valence-electron chi connectivity index (χ4n) is 1.76. The van der Waals surface area contributed by atoms with Crippen LogP contribution < -0.4 is 5.32 Å². The van der Waals surface area contributed by atoms with Crippen molar-refractivity contribution in [2.75, 3.05) is 11.5 Å². The predicted molar refractivity (Wildman–Crippen MR) is 70.4 cm³/mol. The molecule has 17 heavy (non-hydrogen) atoms. The van der Waals surface area contributed by atoms with Gasteiger partial charge in [0, 0.05) is 24.3 Å². The quantitative estimate of drug-likeness (QED) is 0.858. The number of hydrogen-bond acceptors (Lipinski definition) is 4. The third-order valence-electron chi connectivity index (χ3n) is 2.65. The van der Waals surface area contributed by atoms with Crippen molar-refractivity contribution in [1.29, 1.82) is 0 Å². The van der Waals surface area contributed by atoms with Crippen LogP contribution in [-0.2, 0) is 16.4 Å². The molecule has 0 bridgehead atoms. The summed E-state index contributed by atoms with van der Waals surface area (Å²) in [5, 5.41) is 3.66. The molecular formula is C10H14Cl2N2O2S. The molecule has 0 aromatic carbocycles. The van der Waals surface area contributed by atoms with Crippen molar-refractivity contribution in [2.45, 2.75) is 19.0 Å². The van der Waals surface area contributed by atoms with E-state index in [0.29, 0.717) is 18.1 Å². The van der Waals surface area contributed by atoms with Gasteiger partial charge in [-0.15, -0.1) is 12.4 Å². The molecule has 1 aliphatic heterocycles. The number of nitrogens with one attached hydrogen (secondary N) is 1. The van der Waals surface area contributed by atoms with Crippen LogP contribution >= 0.6 is 24.0 Å². The van der Waals surface area contributed by atoms with Gasteiger partial charge in [0.2, 0.25) is 0 Å². The minimum Gasteiger partial charge on any atom is -0.309 e. The van der Waals surface area contributed by atoms with Crippen molar-refractivity contribution in [3.05, 3.63) is 29.0 Å². The molecule has 1 atom stereocenters. The Morgan fingerprint density at radius 2 is 2.29 bits per heavy atom. The van der Waals surface area contributed by atoms with E-state index in [9.17, 15) is 8.42 Å². The second-order valence-corrected chi connectivity index (χ2v) is 6.52. The molecule has 1 fully saturated rings. The van der Waals surface area contributed by atoms with E-state index in [1.165, 1.54) is 0 Å². The van der Waals surface area contributed by atoms with Crippen LogP contribution in [-0.4, -0.2) is 30.9 Å². The Bertz CT molecular complexity index is 479. The van der Waals surface area contributed by atoms with Gasteiger partial charge < -0.3 is 5.32 Å². The van der Waals surface area contributed by atoms with Crippen LogP contribution in [0.25, 0.3) is 0 Å². The highest BCUT2D eigenvalue weighted by Crippen LogP contribution is 2.14. The van der Waals surface area contributed by atoms with Gasteiger partial charge in [0.25, 0.3) is 0 Å². The van der Waals surface area contributed by atoms with E-state index in [2.05, 4.69) is 10.3 Å². The topological polar surface area (TPSA) is 59.1 Å². The molecule has 1 aliphatic rings. The third kappa shape index (κ3) is 4.10. The van der Waals surface area contributed by atoms with Crippen LogP contribution in [0.1, 0.15) is 12.0 Å². The molecule has 2 heterocycles. The maximum atomic E-state index is 11.2. The molecule has 96 valence electrons. The maximum Gasteiger partial charge on any atom is 0.151 e. The van der Waals surface area contributed by atoms with Crippen LogP contribution in [0.3, 0.4) is 0 Å². The summed E-state index contributed by atoms with van der Waals surface area (Å²) in [7, 11) is -2.82. The van der Waals surface area contributed by atoms with Gasteiger partial charge in [-0.3, -0.25) is 0 Å². The molecule has 1 saturated heterocycles. The number of nitrogens with zero attached hydrogens (tertiary/aromatic N) is 1. The lowest BCUT2D eigenvalue weighted by atomic mass is 10.2. The van der Waals surface area contributed by atoms with Crippen LogP contribution in [0.15, 0.2) is 18.3 Å². The molecule has 4 nitrogen and oxygen atoms in total. The van der Waals surface area contributed by atoms with Gasteiger partial charge in [0.15, 0.2) is 9.84 Å². The smallest absolute Gasteiger partial charge is 0.151 e. The zero-order valence-corrected chi connectivity index (χ0v) is 11.5. The van der Waals surface area contributed by atoms with Gasteiger partial charge in [-0.1, -0.05) is 17.7 Å². The lowest BCUT2D eigenvalue weighted by molar-refractivity contribution is 0.553. The lowest BCUT2D eigenvalue weighted by Crippen LogP contribution is -2.29. The normalized spacial score (nSPS) is 22.1. The minimum atomic E-state index is -2.82. The number of hydrogen-bond donors (Lipinski definition) is 1. The summed E-state index contributed by atoms with van der Waals surface area (Å²) in [6.07, 6.45) is 2.31. The summed E-state index contributed by atoms with van der Waals surface area (Å²) in [5.41, 5.74) is 0.897. The second-order valence-electron chi connectivity index (χ2n) is 3.93. The van der Waals surface area contributed by atoms with Crippen molar-refractivity contribution in [1.82, 2.24) is 10.3 Å². The molecule has 1 aromatic rings. The highest BCUT2D eigenvalue weighted by Gasteiger charge is 2.27. The molecule has 1 aromatic heterocycles. The van der Waals surface area contributed by atoms with E-state index in [1.54, 1.807) is 6.20 Å². The lowest BCUT2D eigenvalue weighted by Gasteiger charge is -2.10. The zero-order valence-electron chi connectivity index (χ0n) is 9.10. The largest absolute Gasteiger partial charge is 0.309 e. The zero-order chi connectivity index (χ0) is 11.6. The third-order valence-corrected chi connectivity index (χ3v) is 4.76. The molecule has 0 amide bonds. The first-order chi connectivity index (χ1) is 7.57. The second kappa shape index (κ2) is 6.00. The first-order valence-electron chi connectivity index (χ1n) is 5.10. The molecule has 7 heteroatoms. The summed E-state index contributed by atoms with van der Waals surface area (Å²) >= 11 is 5.90. The van der Waals surface area contributed by atoms with Crippen molar-refractivity contribution in [3.63, 3.8) is 0 Å². The van der Waals surface area contributed by atoms with Gasteiger partial charge in [0.1, 0.15) is 5.15 Å². The number of pyridine rings is 1. The minimum absolute atomic E-state index is 0. The fourth-order valence-corrected chi connectivity index (χ4v) is 3.66.